The van der Waals surface area contributed by atoms with Gasteiger partial charge >= 0.3 is 0 Å². The zero-order valence-electron chi connectivity index (χ0n) is 12.2. The minimum atomic E-state index is -0.427. The Morgan fingerprint density at radius 3 is 2.32 bits per heavy atom. The summed E-state index contributed by atoms with van der Waals surface area (Å²) in [5.41, 5.74) is 2.81. The monoisotopic (exact) mass is 264 g/mol. The number of likely N-dealkylation sites (N-methyl/N-ethyl adjacent to an activating group) is 1. The molecule has 0 heterocycles. The van der Waals surface area contributed by atoms with Crippen molar-refractivity contribution in [1.82, 2.24) is 10.6 Å². The van der Waals surface area contributed by atoms with Gasteiger partial charge in [-0.25, -0.2) is 0 Å². The first-order chi connectivity index (χ1) is 8.92. The number of hydrogen-bond donors (Lipinski definition) is 2. The Morgan fingerprint density at radius 2 is 1.89 bits per heavy atom. The highest BCUT2D eigenvalue weighted by Gasteiger charge is 2.17. The van der Waals surface area contributed by atoms with Gasteiger partial charge in [0.25, 0.3) is 0 Å². The van der Waals surface area contributed by atoms with Gasteiger partial charge in [0.2, 0.25) is 5.91 Å². The van der Waals surface area contributed by atoms with Crippen molar-refractivity contribution in [1.29, 1.82) is 0 Å². The van der Waals surface area contributed by atoms with Crippen LogP contribution in [0.4, 0.5) is 0 Å². The summed E-state index contributed by atoms with van der Waals surface area (Å²) in [7, 11) is 1.58. The molecule has 19 heavy (non-hydrogen) atoms. The van der Waals surface area contributed by atoms with E-state index >= 15 is 0 Å². The molecule has 0 aromatic carbocycles. The maximum atomic E-state index is 11.8. The minimum absolute atomic E-state index is 0.133. The first kappa shape index (κ1) is 17.2. The van der Waals surface area contributed by atoms with Crippen LogP contribution in [0.15, 0.2) is 35.6 Å². The molecule has 4 nitrogen and oxygen atoms in total. The highest BCUT2D eigenvalue weighted by Crippen LogP contribution is 2.08. The normalized spacial score (nSPS) is 12.3. The molecule has 2 N–H and O–H groups in total. The van der Waals surface area contributed by atoms with Crippen molar-refractivity contribution in [2.24, 2.45) is 0 Å². The summed E-state index contributed by atoms with van der Waals surface area (Å²) in [5.74, 6) is -0.133. The molecular weight excluding hydrogens is 240 g/mol. The lowest BCUT2D eigenvalue weighted by Gasteiger charge is -2.20. The van der Waals surface area contributed by atoms with Crippen molar-refractivity contribution in [2.45, 2.75) is 39.7 Å². The van der Waals surface area contributed by atoms with Crippen molar-refractivity contribution in [2.75, 3.05) is 7.05 Å². The Kier molecular flexibility index (Phi) is 8.25. The van der Waals surface area contributed by atoms with Crippen LogP contribution in [0, 0.1) is 0 Å². The van der Waals surface area contributed by atoms with Crippen LogP contribution in [0.1, 0.15) is 33.6 Å². The lowest BCUT2D eigenvalue weighted by molar-refractivity contribution is -0.122. The fourth-order valence-corrected chi connectivity index (χ4v) is 1.43. The van der Waals surface area contributed by atoms with Crippen LogP contribution in [0.25, 0.3) is 0 Å². The summed E-state index contributed by atoms with van der Waals surface area (Å²) in [6, 6.07) is -0.427. The van der Waals surface area contributed by atoms with Gasteiger partial charge in [0.15, 0.2) is 0 Å². The first-order valence-electron chi connectivity index (χ1n) is 6.35. The molecule has 0 aromatic heterocycles. The SMILES string of the molecule is C=C(C)/C(=C\C=C(C)C)NC(CCC=O)C(=O)NC. The summed E-state index contributed by atoms with van der Waals surface area (Å²) in [6.07, 6.45) is 5.48. The molecule has 1 unspecified atom stereocenters. The fraction of sp³-hybridized carbons (Fsp3) is 0.467. The molecule has 0 spiro atoms. The van der Waals surface area contributed by atoms with Gasteiger partial charge in [-0.2, -0.15) is 0 Å². The molecule has 0 bridgehead atoms. The van der Waals surface area contributed by atoms with E-state index in [0.717, 1.165) is 23.1 Å². The summed E-state index contributed by atoms with van der Waals surface area (Å²) in [5, 5.41) is 5.73. The Bertz CT molecular complexity index is 391. The van der Waals surface area contributed by atoms with E-state index in [-0.39, 0.29) is 5.91 Å². The second kappa shape index (κ2) is 9.14. The van der Waals surface area contributed by atoms with Crippen LogP contribution in [0.5, 0.6) is 0 Å². The van der Waals surface area contributed by atoms with Gasteiger partial charge in [-0.3, -0.25) is 4.79 Å². The van der Waals surface area contributed by atoms with Crippen LogP contribution in [0.3, 0.4) is 0 Å². The Labute approximate surface area is 115 Å². The summed E-state index contributed by atoms with van der Waals surface area (Å²) in [6.45, 7) is 9.75. The van der Waals surface area contributed by atoms with Crippen LogP contribution < -0.4 is 10.6 Å². The van der Waals surface area contributed by atoms with Crippen LogP contribution in [0.2, 0.25) is 0 Å². The van der Waals surface area contributed by atoms with E-state index in [0.29, 0.717) is 12.8 Å². The maximum Gasteiger partial charge on any atom is 0.242 e. The molecule has 0 fully saturated rings. The average molecular weight is 264 g/mol. The lowest BCUT2D eigenvalue weighted by Crippen LogP contribution is -2.42. The molecular formula is C15H24N2O2. The van der Waals surface area contributed by atoms with E-state index in [1.807, 2.05) is 32.9 Å². The number of allylic oxidation sites excluding steroid dienone is 4. The first-order valence-corrected chi connectivity index (χ1v) is 6.35. The summed E-state index contributed by atoms with van der Waals surface area (Å²) in [4.78, 5) is 22.2. The molecule has 1 amide bonds. The third-order valence-electron chi connectivity index (χ3n) is 2.51. The van der Waals surface area contributed by atoms with Crippen molar-refractivity contribution in [3.05, 3.63) is 35.6 Å². The van der Waals surface area contributed by atoms with Gasteiger partial charge in [-0.1, -0.05) is 18.2 Å². The molecule has 4 heteroatoms. The van der Waals surface area contributed by atoms with Crippen molar-refractivity contribution >= 4 is 12.2 Å². The van der Waals surface area contributed by atoms with E-state index in [9.17, 15) is 9.59 Å². The second-order valence-electron chi connectivity index (χ2n) is 4.66. The standard InChI is InChI=1S/C15H24N2O2/c1-11(2)8-9-13(12(3)4)17-14(7-6-10-18)15(19)16-5/h8-10,14,17H,3,6-7H2,1-2,4-5H3,(H,16,19)/b13-9+. The number of hydrogen-bond acceptors (Lipinski definition) is 3. The average Bonchev–Trinajstić information content (AvgIpc) is 2.36. The minimum Gasteiger partial charge on any atom is -0.373 e. The number of amides is 1. The molecule has 0 aliphatic heterocycles. The molecule has 1 atom stereocenters. The number of carbonyl (C=O) groups excluding carboxylic acids is 2. The molecule has 0 rings (SSSR count). The van der Waals surface area contributed by atoms with E-state index in [2.05, 4.69) is 17.2 Å². The fourth-order valence-electron chi connectivity index (χ4n) is 1.43. The van der Waals surface area contributed by atoms with Gasteiger partial charge in [-0.15, -0.1) is 0 Å². The predicted octanol–water partition coefficient (Wildman–Crippen LogP) is 2.10. The van der Waals surface area contributed by atoms with E-state index in [1.165, 1.54) is 0 Å². The van der Waals surface area contributed by atoms with Crippen LogP contribution in [-0.4, -0.2) is 25.3 Å². The summed E-state index contributed by atoms with van der Waals surface area (Å²) < 4.78 is 0. The van der Waals surface area contributed by atoms with Crippen molar-refractivity contribution < 1.29 is 9.59 Å². The molecule has 0 aliphatic rings. The predicted molar refractivity (Wildman–Crippen MR) is 78.6 cm³/mol. The second-order valence-corrected chi connectivity index (χ2v) is 4.66. The van der Waals surface area contributed by atoms with Crippen molar-refractivity contribution in [3.63, 3.8) is 0 Å². The third kappa shape index (κ3) is 7.24. The zero-order chi connectivity index (χ0) is 14.8. The Hall–Kier alpha value is -1.84. The van der Waals surface area contributed by atoms with Crippen molar-refractivity contribution in [3.8, 4) is 0 Å². The van der Waals surface area contributed by atoms with Crippen LogP contribution >= 0.6 is 0 Å². The van der Waals surface area contributed by atoms with Gasteiger partial charge in [-0.05, 0) is 38.8 Å². The number of rotatable bonds is 8. The molecule has 0 radical (unpaired) electrons. The smallest absolute Gasteiger partial charge is 0.242 e. The highest BCUT2D eigenvalue weighted by molar-refractivity contribution is 5.82. The molecule has 0 aliphatic carbocycles. The molecule has 0 aromatic rings. The van der Waals surface area contributed by atoms with Gasteiger partial charge < -0.3 is 15.4 Å². The molecule has 106 valence electrons. The summed E-state index contributed by atoms with van der Waals surface area (Å²) >= 11 is 0. The lowest BCUT2D eigenvalue weighted by atomic mass is 10.1. The van der Waals surface area contributed by atoms with E-state index in [1.54, 1.807) is 7.05 Å². The number of nitrogens with one attached hydrogen (secondary N) is 2. The Balaban J connectivity index is 4.98. The van der Waals surface area contributed by atoms with Crippen LogP contribution in [-0.2, 0) is 9.59 Å². The third-order valence-corrected chi connectivity index (χ3v) is 2.51. The quantitative estimate of drug-likeness (QED) is 0.521. The largest absolute Gasteiger partial charge is 0.373 e. The zero-order valence-corrected chi connectivity index (χ0v) is 12.2. The topological polar surface area (TPSA) is 58.2 Å². The van der Waals surface area contributed by atoms with E-state index in [4.69, 9.17) is 0 Å². The Morgan fingerprint density at radius 1 is 1.26 bits per heavy atom. The van der Waals surface area contributed by atoms with Gasteiger partial charge in [0.05, 0.1) is 0 Å². The number of carbonyl (C=O) groups is 2. The van der Waals surface area contributed by atoms with Gasteiger partial charge in [0.1, 0.15) is 12.3 Å². The molecule has 0 saturated heterocycles. The van der Waals surface area contributed by atoms with E-state index < -0.39 is 6.04 Å². The van der Waals surface area contributed by atoms with Gasteiger partial charge in [0, 0.05) is 19.2 Å². The number of aldehydes is 1. The maximum absolute atomic E-state index is 11.8. The molecule has 0 saturated carbocycles. The highest BCUT2D eigenvalue weighted by atomic mass is 16.2.